The Balaban J connectivity index is 0.00000189. The summed E-state index contributed by atoms with van der Waals surface area (Å²) in [5.74, 6) is 1.55. The van der Waals surface area contributed by atoms with E-state index in [0.29, 0.717) is 45.6 Å². The van der Waals surface area contributed by atoms with Crippen LogP contribution in [0.25, 0.3) is 16.6 Å². The van der Waals surface area contributed by atoms with Gasteiger partial charge in [-0.2, -0.15) is 0 Å². The molecule has 5 rings (SSSR count). The van der Waals surface area contributed by atoms with Gasteiger partial charge in [-0.1, -0.05) is 37.5 Å². The monoisotopic (exact) mass is 550 g/mol. The van der Waals surface area contributed by atoms with Crippen molar-refractivity contribution < 1.29 is 19.0 Å². The van der Waals surface area contributed by atoms with Crippen molar-refractivity contribution >= 4 is 35.8 Å². The number of nitrogens with one attached hydrogen (secondary N) is 1. The van der Waals surface area contributed by atoms with E-state index in [1.165, 1.54) is 4.68 Å². The van der Waals surface area contributed by atoms with E-state index in [4.69, 9.17) is 22.1 Å². The van der Waals surface area contributed by atoms with E-state index >= 15 is 0 Å². The Morgan fingerprint density at radius 3 is 2.27 bits per heavy atom. The number of amides is 1. The zero-order valence-electron chi connectivity index (χ0n) is 23.9. The molecule has 41 heavy (non-hydrogen) atoms. The molecule has 1 amide bonds. The molecule has 0 atom stereocenters. The number of pyridine rings is 1. The summed E-state index contributed by atoms with van der Waals surface area (Å²) in [5, 5.41) is 3.48. The van der Waals surface area contributed by atoms with E-state index in [0.717, 1.165) is 5.39 Å². The largest absolute Gasteiger partial charge is 0.493 e. The van der Waals surface area contributed by atoms with Crippen LogP contribution < -0.4 is 30.5 Å². The molecule has 10 heteroatoms. The first-order valence-corrected chi connectivity index (χ1v) is 13.1. The van der Waals surface area contributed by atoms with Gasteiger partial charge in [0.15, 0.2) is 11.5 Å². The Bertz CT molecular complexity index is 1760. The minimum atomic E-state index is -0.552. The van der Waals surface area contributed by atoms with Crippen molar-refractivity contribution in [1.82, 2.24) is 14.3 Å². The summed E-state index contributed by atoms with van der Waals surface area (Å²) in [6.07, 6.45) is 1.63. The second kappa shape index (κ2) is 12.5. The van der Waals surface area contributed by atoms with E-state index in [1.807, 2.05) is 32.0 Å². The molecule has 0 saturated heterocycles. The molecule has 2 aromatic heterocycles. The number of aromatic nitrogens is 3. The van der Waals surface area contributed by atoms with Crippen molar-refractivity contribution in [1.29, 1.82) is 0 Å². The van der Waals surface area contributed by atoms with Crippen molar-refractivity contribution in [2.45, 2.75) is 20.8 Å². The molecule has 0 aliphatic heterocycles. The van der Waals surface area contributed by atoms with Crippen LogP contribution in [0.2, 0.25) is 0 Å². The molecule has 0 saturated carbocycles. The van der Waals surface area contributed by atoms with E-state index in [2.05, 4.69) is 10.3 Å². The summed E-state index contributed by atoms with van der Waals surface area (Å²) >= 11 is 0. The molecular weight excluding hydrogens is 519 g/mol. The molecule has 0 aliphatic carbocycles. The Hall–Kier alpha value is -4.99. The normalized spacial score (nSPS) is 10.5. The second-order valence-electron chi connectivity index (χ2n) is 8.78. The smallest absolute Gasteiger partial charge is 0.284 e. The van der Waals surface area contributed by atoms with Crippen LogP contribution in [0.4, 0.5) is 5.69 Å². The van der Waals surface area contributed by atoms with Crippen LogP contribution in [0.15, 0.2) is 77.7 Å². The number of hydrogen-bond donors (Lipinski definition) is 1. The molecule has 0 fully saturated rings. The number of carbonyl (C=O) groups is 1. The Morgan fingerprint density at radius 1 is 0.927 bits per heavy atom. The fraction of sp³-hybridized carbons (Fsp3) is 0.194. The third-order valence-corrected chi connectivity index (χ3v) is 6.49. The second-order valence-corrected chi connectivity index (χ2v) is 8.78. The molecule has 2 radical (unpaired) electrons. The summed E-state index contributed by atoms with van der Waals surface area (Å²) in [5.41, 5.74) is 2.09. The van der Waals surface area contributed by atoms with Gasteiger partial charge in [-0.25, -0.2) is 4.68 Å². The Kier molecular flexibility index (Phi) is 8.82. The fourth-order valence-electron chi connectivity index (χ4n) is 4.40. The lowest BCUT2D eigenvalue weighted by Gasteiger charge is -2.14. The number of hydrogen-bond acceptors (Lipinski definition) is 6. The number of anilines is 1. The van der Waals surface area contributed by atoms with Crippen molar-refractivity contribution in [2.24, 2.45) is 7.05 Å². The van der Waals surface area contributed by atoms with E-state index in [1.54, 1.807) is 87.6 Å². The lowest BCUT2D eigenvalue weighted by molar-refractivity contribution is 0.102. The highest BCUT2D eigenvalue weighted by Crippen LogP contribution is 2.36. The van der Waals surface area contributed by atoms with Crippen LogP contribution in [0.3, 0.4) is 0 Å². The van der Waals surface area contributed by atoms with Gasteiger partial charge >= 0.3 is 0 Å². The van der Waals surface area contributed by atoms with Crippen LogP contribution in [0, 0.1) is 6.92 Å². The lowest BCUT2D eigenvalue weighted by Crippen LogP contribution is -2.26. The number of para-hydroxylation sites is 1. The van der Waals surface area contributed by atoms with E-state index in [9.17, 15) is 9.59 Å². The maximum Gasteiger partial charge on any atom is 0.284 e. The number of fused-ring (bicyclic) bond motifs is 1. The van der Waals surface area contributed by atoms with Gasteiger partial charge in [0.25, 0.3) is 11.5 Å². The standard InChI is InChI=1S/C29H25BN4O5.C2H6/c1-17-27(29(36)34(33(17)2)18-8-6-5-7-9-18)28(35)32-22-11-10-19(14-21(22)30)39-24-12-13-31-23-16-26(38-4)25(37-3)15-20(23)24;1-2/h5-16H,1-4H3,(H,32,35);1-2H3. The highest BCUT2D eigenvalue weighted by atomic mass is 16.5. The first-order chi connectivity index (χ1) is 19.8. The molecule has 9 nitrogen and oxygen atoms in total. The highest BCUT2D eigenvalue weighted by molar-refractivity contribution is 6.36. The average Bonchev–Trinajstić information content (AvgIpc) is 3.22. The summed E-state index contributed by atoms with van der Waals surface area (Å²) in [7, 11) is 11.1. The van der Waals surface area contributed by atoms with Gasteiger partial charge in [-0.15, -0.1) is 0 Å². The summed E-state index contributed by atoms with van der Waals surface area (Å²) in [6, 6.07) is 19.3. The van der Waals surface area contributed by atoms with Crippen molar-refractivity contribution in [3.8, 4) is 28.7 Å². The van der Waals surface area contributed by atoms with Crippen LogP contribution in [0.5, 0.6) is 23.0 Å². The van der Waals surface area contributed by atoms with Gasteiger partial charge in [0.05, 0.1) is 31.1 Å². The Morgan fingerprint density at radius 2 is 1.61 bits per heavy atom. The molecule has 0 aliphatic rings. The quantitative estimate of drug-likeness (QED) is 0.289. The summed E-state index contributed by atoms with van der Waals surface area (Å²) in [4.78, 5) is 30.8. The molecule has 0 spiro atoms. The third kappa shape index (κ3) is 5.67. The zero-order valence-corrected chi connectivity index (χ0v) is 23.9. The molecule has 1 N–H and O–H groups in total. The number of rotatable bonds is 7. The first-order valence-electron chi connectivity index (χ1n) is 13.1. The SMILES string of the molecule is CC.[B]c1cc(Oc2ccnc3cc(OC)c(OC)cc23)ccc1NC(=O)c1c(C)n(C)n(-c2ccccc2)c1=O. The topological polar surface area (TPSA) is 96.6 Å². The van der Waals surface area contributed by atoms with Crippen molar-refractivity contribution in [3.05, 3.63) is 94.5 Å². The maximum absolute atomic E-state index is 13.2. The van der Waals surface area contributed by atoms with E-state index < -0.39 is 11.5 Å². The van der Waals surface area contributed by atoms with Gasteiger partial charge in [0.1, 0.15) is 24.9 Å². The van der Waals surface area contributed by atoms with Gasteiger partial charge in [0.2, 0.25) is 0 Å². The molecule has 0 unspecified atom stereocenters. The van der Waals surface area contributed by atoms with E-state index in [-0.39, 0.29) is 11.0 Å². The summed E-state index contributed by atoms with van der Waals surface area (Å²) in [6.45, 7) is 5.72. The predicted octanol–water partition coefficient (Wildman–Crippen LogP) is 4.91. The Labute approximate surface area is 239 Å². The van der Waals surface area contributed by atoms with Crippen molar-refractivity contribution in [3.63, 3.8) is 0 Å². The minimum Gasteiger partial charge on any atom is -0.493 e. The molecule has 3 aromatic carbocycles. The van der Waals surface area contributed by atoms with Crippen LogP contribution in [0.1, 0.15) is 29.9 Å². The molecule has 2 heterocycles. The number of benzene rings is 3. The molecule has 208 valence electrons. The van der Waals surface area contributed by atoms with Gasteiger partial charge in [-0.3, -0.25) is 19.3 Å². The lowest BCUT2D eigenvalue weighted by atomic mass is 9.93. The van der Waals surface area contributed by atoms with Crippen molar-refractivity contribution in [2.75, 3.05) is 19.5 Å². The van der Waals surface area contributed by atoms with Crippen LogP contribution in [-0.2, 0) is 7.05 Å². The number of ether oxygens (including phenoxy) is 3. The molecule has 5 aromatic rings. The summed E-state index contributed by atoms with van der Waals surface area (Å²) < 4.78 is 20.0. The molecule has 0 bridgehead atoms. The van der Waals surface area contributed by atoms with Crippen LogP contribution in [-0.4, -0.2) is 42.3 Å². The number of nitrogens with zero attached hydrogens (tertiary/aromatic N) is 3. The zero-order chi connectivity index (χ0) is 29.7. The molecular formula is C31H31BN4O5. The first kappa shape index (κ1) is 29.0. The average molecular weight is 550 g/mol. The van der Waals surface area contributed by atoms with Gasteiger partial charge in [0, 0.05) is 30.4 Å². The predicted molar refractivity (Wildman–Crippen MR) is 162 cm³/mol. The third-order valence-electron chi connectivity index (χ3n) is 6.49. The van der Waals surface area contributed by atoms with Gasteiger partial charge < -0.3 is 19.5 Å². The maximum atomic E-state index is 13.2. The minimum absolute atomic E-state index is 0.0358. The number of carbonyl (C=O) groups excluding carboxylic acids is 1. The highest BCUT2D eigenvalue weighted by Gasteiger charge is 2.22. The number of methoxy groups -OCH3 is 2. The fourth-order valence-corrected chi connectivity index (χ4v) is 4.40. The van der Waals surface area contributed by atoms with Crippen LogP contribution >= 0.6 is 0 Å². The van der Waals surface area contributed by atoms with Gasteiger partial charge in [-0.05, 0) is 49.4 Å².